The van der Waals surface area contributed by atoms with Gasteiger partial charge < -0.3 is 4.74 Å². The largest absolute Gasteiger partial charge is 0.378 e. The van der Waals surface area contributed by atoms with Crippen molar-refractivity contribution >= 4 is 10.8 Å². The van der Waals surface area contributed by atoms with Crippen molar-refractivity contribution in [3.8, 4) is 0 Å². The Kier molecular flexibility index (Phi) is 15.5. The zero-order chi connectivity index (χ0) is 11.4. The zero-order valence-corrected chi connectivity index (χ0v) is 11.2. The van der Waals surface area contributed by atoms with Crippen molar-refractivity contribution in [2.45, 2.75) is 53.6 Å². The summed E-state index contributed by atoms with van der Waals surface area (Å²) in [7, 11) is -0.544. The second-order valence-corrected chi connectivity index (χ2v) is 4.20. The summed E-state index contributed by atoms with van der Waals surface area (Å²) in [5.74, 6) is 1.68. The molecule has 14 heavy (non-hydrogen) atoms. The molecule has 3 heteroatoms. The number of rotatable bonds is 2. The van der Waals surface area contributed by atoms with Crippen molar-refractivity contribution in [2.24, 2.45) is 0 Å². The summed E-state index contributed by atoms with van der Waals surface area (Å²) in [6.45, 7) is 10.8. The molecule has 0 aromatic carbocycles. The number of hydrogen-bond acceptors (Lipinski definition) is 2. The van der Waals surface area contributed by atoms with Crippen LogP contribution >= 0.6 is 0 Å². The summed E-state index contributed by atoms with van der Waals surface area (Å²) in [4.78, 5) is 0. The Labute approximate surface area is 91.9 Å². The molecule has 0 unspecified atom stereocenters. The van der Waals surface area contributed by atoms with Gasteiger partial charge in [0.1, 0.15) is 0 Å². The highest BCUT2D eigenvalue weighted by Gasteiger charge is 2.16. The van der Waals surface area contributed by atoms with E-state index in [-0.39, 0.29) is 0 Å². The molecule has 0 amide bonds. The Balaban J connectivity index is 0. The highest BCUT2D eigenvalue weighted by molar-refractivity contribution is 7.85. The van der Waals surface area contributed by atoms with Gasteiger partial charge in [0.25, 0.3) is 0 Å². The van der Waals surface area contributed by atoms with Gasteiger partial charge in [0.05, 0.1) is 6.10 Å². The van der Waals surface area contributed by atoms with Crippen LogP contribution in [0.4, 0.5) is 0 Å². The fourth-order valence-corrected chi connectivity index (χ4v) is 2.43. The molecule has 0 atom stereocenters. The second-order valence-electron chi connectivity index (χ2n) is 2.50. The standard InChI is InChI=1S/C7H14O2S.2C2H6/c1-2-9-7-3-5-10(8)6-4-7;2*1-2/h7H,2-6H2,1H3;2*1-2H3. The number of hydrogen-bond donors (Lipinski definition) is 0. The molecule has 0 aromatic heterocycles. The van der Waals surface area contributed by atoms with Crippen LogP contribution in [0.15, 0.2) is 0 Å². The summed E-state index contributed by atoms with van der Waals surface area (Å²) in [6.07, 6.45) is 2.36. The van der Waals surface area contributed by atoms with E-state index in [0.717, 1.165) is 31.0 Å². The minimum absolute atomic E-state index is 0.391. The maximum absolute atomic E-state index is 10.9. The smallest absolute Gasteiger partial charge is 0.0592 e. The lowest BCUT2D eigenvalue weighted by molar-refractivity contribution is 0.0569. The summed E-state index contributed by atoms with van der Waals surface area (Å²) in [5, 5.41) is 0. The van der Waals surface area contributed by atoms with Crippen LogP contribution < -0.4 is 0 Å². The highest BCUT2D eigenvalue weighted by Crippen LogP contribution is 2.12. The van der Waals surface area contributed by atoms with Gasteiger partial charge in [-0.3, -0.25) is 4.21 Å². The molecule has 1 rings (SSSR count). The van der Waals surface area contributed by atoms with E-state index < -0.39 is 10.8 Å². The highest BCUT2D eigenvalue weighted by atomic mass is 32.2. The molecule has 0 N–H and O–H groups in total. The molecule has 1 aliphatic rings. The Hall–Kier alpha value is 0.110. The van der Waals surface area contributed by atoms with Crippen LogP contribution in [0.1, 0.15) is 47.5 Å². The van der Waals surface area contributed by atoms with Crippen LogP contribution in [-0.2, 0) is 15.5 Å². The van der Waals surface area contributed by atoms with E-state index in [1.807, 2.05) is 34.6 Å². The Bertz CT molecular complexity index is 116. The molecule has 0 bridgehead atoms. The van der Waals surface area contributed by atoms with Crippen LogP contribution in [0, 0.1) is 0 Å². The van der Waals surface area contributed by atoms with Crippen molar-refractivity contribution in [2.75, 3.05) is 18.1 Å². The molecule has 0 aromatic rings. The fourth-order valence-electron chi connectivity index (χ4n) is 1.17. The summed E-state index contributed by atoms with van der Waals surface area (Å²) >= 11 is 0. The van der Waals surface area contributed by atoms with Gasteiger partial charge >= 0.3 is 0 Å². The van der Waals surface area contributed by atoms with E-state index in [0.29, 0.717) is 6.10 Å². The summed E-state index contributed by atoms with van der Waals surface area (Å²) in [6, 6.07) is 0. The van der Waals surface area contributed by atoms with E-state index in [1.54, 1.807) is 0 Å². The van der Waals surface area contributed by atoms with E-state index >= 15 is 0 Å². The van der Waals surface area contributed by atoms with E-state index in [1.165, 1.54) is 0 Å². The minimum atomic E-state index is -0.544. The predicted molar refractivity (Wildman–Crippen MR) is 65.2 cm³/mol. The average molecular weight is 222 g/mol. The SMILES string of the molecule is CC.CC.CCOC1CCS(=O)CC1. The van der Waals surface area contributed by atoms with Gasteiger partial charge in [-0.15, -0.1) is 0 Å². The van der Waals surface area contributed by atoms with Crippen molar-refractivity contribution in [1.29, 1.82) is 0 Å². The van der Waals surface area contributed by atoms with E-state index in [9.17, 15) is 4.21 Å². The van der Waals surface area contributed by atoms with Gasteiger partial charge in [-0.2, -0.15) is 0 Å². The summed E-state index contributed by atoms with van der Waals surface area (Å²) < 4.78 is 16.3. The quantitative estimate of drug-likeness (QED) is 0.718. The van der Waals surface area contributed by atoms with Crippen LogP contribution in [0.3, 0.4) is 0 Å². The average Bonchev–Trinajstić information content (AvgIpc) is 2.28. The lowest BCUT2D eigenvalue weighted by Crippen LogP contribution is -2.25. The van der Waals surface area contributed by atoms with Crippen molar-refractivity contribution in [1.82, 2.24) is 0 Å². The second kappa shape index (κ2) is 13.1. The van der Waals surface area contributed by atoms with Crippen molar-refractivity contribution < 1.29 is 8.95 Å². The topological polar surface area (TPSA) is 26.3 Å². The maximum atomic E-state index is 10.9. The molecule has 0 spiro atoms. The van der Waals surface area contributed by atoms with Crippen LogP contribution in [0.25, 0.3) is 0 Å². The first-order valence-electron chi connectivity index (χ1n) is 5.79. The van der Waals surface area contributed by atoms with Gasteiger partial charge in [0.2, 0.25) is 0 Å². The first-order valence-corrected chi connectivity index (χ1v) is 7.28. The van der Waals surface area contributed by atoms with Gasteiger partial charge in [0, 0.05) is 28.9 Å². The third-order valence-corrected chi connectivity index (χ3v) is 3.12. The molecular weight excluding hydrogens is 196 g/mol. The Morgan fingerprint density at radius 2 is 1.57 bits per heavy atom. The first-order chi connectivity index (χ1) is 6.83. The zero-order valence-electron chi connectivity index (χ0n) is 10.3. The fraction of sp³-hybridized carbons (Fsp3) is 1.00. The minimum Gasteiger partial charge on any atom is -0.378 e. The molecule has 0 radical (unpaired) electrons. The molecule has 88 valence electrons. The van der Waals surface area contributed by atoms with Crippen LogP contribution in [0.2, 0.25) is 0 Å². The maximum Gasteiger partial charge on any atom is 0.0592 e. The first kappa shape index (κ1) is 16.5. The molecule has 1 saturated heterocycles. The normalized spacial score (nSPS) is 25.2. The van der Waals surface area contributed by atoms with Gasteiger partial charge in [0.15, 0.2) is 0 Å². The molecular formula is C11H26O2S. The third kappa shape index (κ3) is 8.70. The number of ether oxygens (including phenoxy) is 1. The van der Waals surface area contributed by atoms with E-state index in [2.05, 4.69) is 0 Å². The van der Waals surface area contributed by atoms with Crippen LogP contribution in [-0.4, -0.2) is 28.4 Å². The van der Waals surface area contributed by atoms with E-state index in [4.69, 9.17) is 4.74 Å². The van der Waals surface area contributed by atoms with Gasteiger partial charge in [-0.05, 0) is 19.8 Å². The molecule has 0 aliphatic carbocycles. The molecule has 0 saturated carbocycles. The van der Waals surface area contributed by atoms with Crippen molar-refractivity contribution in [3.63, 3.8) is 0 Å². The van der Waals surface area contributed by atoms with Crippen molar-refractivity contribution in [3.05, 3.63) is 0 Å². The Morgan fingerprint density at radius 1 is 1.14 bits per heavy atom. The predicted octanol–water partition coefficient (Wildman–Crippen LogP) is 2.99. The summed E-state index contributed by atoms with van der Waals surface area (Å²) in [5.41, 5.74) is 0. The molecule has 1 heterocycles. The van der Waals surface area contributed by atoms with Crippen LogP contribution in [0.5, 0.6) is 0 Å². The lowest BCUT2D eigenvalue weighted by Gasteiger charge is -2.20. The van der Waals surface area contributed by atoms with Gasteiger partial charge in [-0.1, -0.05) is 27.7 Å². The lowest BCUT2D eigenvalue weighted by atomic mass is 10.2. The molecule has 1 fully saturated rings. The van der Waals surface area contributed by atoms with Gasteiger partial charge in [-0.25, -0.2) is 0 Å². The monoisotopic (exact) mass is 222 g/mol. The third-order valence-electron chi connectivity index (χ3n) is 1.74. The Morgan fingerprint density at radius 3 is 1.93 bits per heavy atom. The molecule has 1 aliphatic heterocycles. The molecule has 2 nitrogen and oxygen atoms in total.